The molecule has 1 heterocycles. The second-order valence-corrected chi connectivity index (χ2v) is 2.39. The lowest BCUT2D eigenvalue weighted by Gasteiger charge is -1.99. The smallest absolute Gasteiger partial charge is 0.337 e. The predicted molar refractivity (Wildman–Crippen MR) is 52.0 cm³/mol. The Morgan fingerprint density at radius 3 is 2.23 bits per heavy atom. The fourth-order valence-electron chi connectivity index (χ4n) is 0.913. The molecule has 72 valence electrons. The van der Waals surface area contributed by atoms with E-state index in [1.165, 1.54) is 0 Å². The summed E-state index contributed by atoms with van der Waals surface area (Å²) < 4.78 is 0. The van der Waals surface area contributed by atoms with Gasteiger partial charge in [-0.2, -0.15) is 0 Å². The normalized spacial score (nSPS) is 8.62. The average molecular weight is 181 g/mol. The van der Waals surface area contributed by atoms with Gasteiger partial charge >= 0.3 is 5.97 Å². The molecule has 3 heteroatoms. The topological polar surface area (TPSA) is 50.2 Å². The first-order valence-electron chi connectivity index (χ1n) is 4.29. The summed E-state index contributed by atoms with van der Waals surface area (Å²) in [6.07, 6.45) is 0. The zero-order valence-corrected chi connectivity index (χ0v) is 8.46. The van der Waals surface area contributed by atoms with E-state index in [9.17, 15) is 4.79 Å². The fraction of sp³-hybridized carbons (Fsp3) is 0.400. The molecule has 0 spiro atoms. The van der Waals surface area contributed by atoms with Crippen molar-refractivity contribution in [2.75, 3.05) is 0 Å². The Kier molecular flexibility index (Phi) is 4.74. The number of hydrogen-bond donors (Lipinski definition) is 1. The molecule has 13 heavy (non-hydrogen) atoms. The fourth-order valence-corrected chi connectivity index (χ4v) is 0.913. The van der Waals surface area contributed by atoms with Crippen LogP contribution in [0, 0.1) is 13.8 Å². The molecule has 3 nitrogen and oxygen atoms in total. The number of aromatic carboxylic acids is 1. The Balaban J connectivity index is 0.000000671. The quantitative estimate of drug-likeness (QED) is 0.723. The van der Waals surface area contributed by atoms with Gasteiger partial charge in [0.2, 0.25) is 0 Å². The third-order valence-electron chi connectivity index (χ3n) is 1.46. The molecule has 1 aromatic rings. The number of aromatic nitrogens is 1. The van der Waals surface area contributed by atoms with Crippen LogP contribution in [0.4, 0.5) is 0 Å². The number of hydrogen-bond acceptors (Lipinski definition) is 2. The molecule has 0 aromatic carbocycles. The minimum atomic E-state index is -0.921. The number of carbonyl (C=O) groups is 1. The lowest BCUT2D eigenvalue weighted by molar-refractivity contribution is 0.0695. The second-order valence-electron chi connectivity index (χ2n) is 2.39. The Morgan fingerprint density at radius 1 is 1.31 bits per heavy atom. The van der Waals surface area contributed by atoms with Gasteiger partial charge in [-0.3, -0.25) is 4.98 Å². The van der Waals surface area contributed by atoms with Crippen LogP contribution >= 0.6 is 0 Å². The van der Waals surface area contributed by atoms with Crippen molar-refractivity contribution in [1.29, 1.82) is 0 Å². The summed E-state index contributed by atoms with van der Waals surface area (Å²) in [5, 5.41) is 8.62. The van der Waals surface area contributed by atoms with Gasteiger partial charge in [0.1, 0.15) is 0 Å². The van der Waals surface area contributed by atoms with Crippen LogP contribution in [0.5, 0.6) is 0 Å². The summed E-state index contributed by atoms with van der Waals surface area (Å²) in [5.41, 5.74) is 1.68. The SMILES string of the molecule is CC.Cc1ccc(C(=O)O)c(C)n1. The summed E-state index contributed by atoms with van der Waals surface area (Å²) in [7, 11) is 0. The third-order valence-corrected chi connectivity index (χ3v) is 1.46. The number of carboxylic acid groups (broad SMARTS) is 1. The van der Waals surface area contributed by atoms with Crippen molar-refractivity contribution in [3.8, 4) is 0 Å². The molecule has 1 aromatic heterocycles. The highest BCUT2D eigenvalue weighted by molar-refractivity contribution is 5.88. The van der Waals surface area contributed by atoms with Gasteiger partial charge in [0.15, 0.2) is 0 Å². The zero-order chi connectivity index (χ0) is 10.4. The van der Waals surface area contributed by atoms with Crippen LogP contribution in [-0.2, 0) is 0 Å². The molecule has 0 amide bonds. The largest absolute Gasteiger partial charge is 0.478 e. The standard InChI is InChI=1S/C8H9NO2.C2H6/c1-5-3-4-7(8(10)11)6(2)9-5;1-2/h3-4H,1-2H3,(H,10,11);1-2H3. The molecule has 0 aliphatic rings. The highest BCUT2D eigenvalue weighted by Crippen LogP contribution is 2.05. The van der Waals surface area contributed by atoms with Gasteiger partial charge in [0, 0.05) is 5.69 Å². The first-order valence-corrected chi connectivity index (χ1v) is 4.29. The van der Waals surface area contributed by atoms with Gasteiger partial charge in [-0.1, -0.05) is 13.8 Å². The van der Waals surface area contributed by atoms with Gasteiger partial charge in [0.05, 0.1) is 11.3 Å². The third kappa shape index (κ3) is 3.23. The lowest BCUT2D eigenvalue weighted by atomic mass is 10.2. The molecule has 0 saturated heterocycles. The van der Waals surface area contributed by atoms with Crippen LogP contribution in [-0.4, -0.2) is 16.1 Å². The zero-order valence-electron chi connectivity index (χ0n) is 8.46. The van der Waals surface area contributed by atoms with Crippen LogP contribution in [0.25, 0.3) is 0 Å². The maximum atomic E-state index is 10.5. The monoisotopic (exact) mass is 181 g/mol. The van der Waals surface area contributed by atoms with Crippen molar-refractivity contribution < 1.29 is 9.90 Å². The molecule has 1 N–H and O–H groups in total. The molecule has 1 rings (SSSR count). The number of carboxylic acids is 1. The van der Waals surface area contributed by atoms with E-state index < -0.39 is 5.97 Å². The van der Waals surface area contributed by atoms with Crippen LogP contribution in [0.3, 0.4) is 0 Å². The van der Waals surface area contributed by atoms with E-state index in [0.29, 0.717) is 5.69 Å². The highest BCUT2D eigenvalue weighted by atomic mass is 16.4. The predicted octanol–water partition coefficient (Wildman–Crippen LogP) is 2.42. The molecule has 0 atom stereocenters. The van der Waals surface area contributed by atoms with E-state index in [1.54, 1.807) is 19.1 Å². The summed E-state index contributed by atoms with van der Waals surface area (Å²) in [6.45, 7) is 7.52. The van der Waals surface area contributed by atoms with Gasteiger partial charge in [0.25, 0.3) is 0 Å². The van der Waals surface area contributed by atoms with E-state index in [4.69, 9.17) is 5.11 Å². The second kappa shape index (κ2) is 5.30. The van der Waals surface area contributed by atoms with Crippen LogP contribution in [0.2, 0.25) is 0 Å². The van der Waals surface area contributed by atoms with E-state index >= 15 is 0 Å². The minimum absolute atomic E-state index is 0.274. The first kappa shape index (κ1) is 11.6. The molecule has 0 saturated carbocycles. The summed E-state index contributed by atoms with van der Waals surface area (Å²) in [6, 6.07) is 3.26. The van der Waals surface area contributed by atoms with Gasteiger partial charge < -0.3 is 5.11 Å². The molecular weight excluding hydrogens is 166 g/mol. The lowest BCUT2D eigenvalue weighted by Crippen LogP contribution is -2.01. The molecule has 0 bridgehead atoms. The van der Waals surface area contributed by atoms with Crippen molar-refractivity contribution in [3.05, 3.63) is 29.1 Å². The van der Waals surface area contributed by atoms with Gasteiger partial charge in [-0.25, -0.2) is 4.79 Å². The Morgan fingerprint density at radius 2 is 1.85 bits per heavy atom. The molecule has 0 unspecified atom stereocenters. The van der Waals surface area contributed by atoms with E-state index in [2.05, 4.69) is 4.98 Å². The number of rotatable bonds is 1. The van der Waals surface area contributed by atoms with Crippen LogP contribution in [0.15, 0.2) is 12.1 Å². The highest BCUT2D eigenvalue weighted by Gasteiger charge is 2.06. The Bertz CT molecular complexity index is 295. The van der Waals surface area contributed by atoms with Crippen molar-refractivity contribution in [2.24, 2.45) is 0 Å². The van der Waals surface area contributed by atoms with Crippen molar-refractivity contribution in [1.82, 2.24) is 4.98 Å². The number of pyridine rings is 1. The van der Waals surface area contributed by atoms with E-state index in [-0.39, 0.29) is 5.56 Å². The molecule has 0 aliphatic heterocycles. The van der Waals surface area contributed by atoms with Gasteiger partial charge in [-0.15, -0.1) is 0 Å². The molecule has 0 fully saturated rings. The number of aryl methyl sites for hydroxylation is 2. The molecule has 0 aliphatic carbocycles. The maximum absolute atomic E-state index is 10.5. The van der Waals surface area contributed by atoms with Crippen molar-refractivity contribution in [2.45, 2.75) is 27.7 Å². The summed E-state index contributed by atoms with van der Waals surface area (Å²) in [5.74, 6) is -0.921. The Labute approximate surface area is 78.4 Å². The van der Waals surface area contributed by atoms with Crippen LogP contribution < -0.4 is 0 Å². The van der Waals surface area contributed by atoms with E-state index in [1.807, 2.05) is 20.8 Å². The maximum Gasteiger partial charge on any atom is 0.337 e. The summed E-state index contributed by atoms with van der Waals surface area (Å²) in [4.78, 5) is 14.5. The van der Waals surface area contributed by atoms with Crippen LogP contribution in [0.1, 0.15) is 35.6 Å². The average Bonchev–Trinajstić information content (AvgIpc) is 2.07. The first-order chi connectivity index (χ1) is 6.11. The summed E-state index contributed by atoms with van der Waals surface area (Å²) >= 11 is 0. The van der Waals surface area contributed by atoms with E-state index in [0.717, 1.165) is 5.69 Å². The molecule has 0 radical (unpaired) electrons. The van der Waals surface area contributed by atoms with Crippen molar-refractivity contribution in [3.63, 3.8) is 0 Å². The number of nitrogens with zero attached hydrogens (tertiary/aromatic N) is 1. The molecular formula is C10H15NO2. The Hall–Kier alpha value is -1.38. The minimum Gasteiger partial charge on any atom is -0.478 e. The van der Waals surface area contributed by atoms with Gasteiger partial charge in [-0.05, 0) is 26.0 Å². The van der Waals surface area contributed by atoms with Crippen molar-refractivity contribution >= 4 is 5.97 Å².